The summed E-state index contributed by atoms with van der Waals surface area (Å²) in [5, 5.41) is 16.3. The number of aryl methyl sites for hydroxylation is 1. The van der Waals surface area contributed by atoms with Crippen molar-refractivity contribution < 1.29 is 14.6 Å². The number of carbonyl (C=O) groups excluding carboxylic acids is 1. The third kappa shape index (κ3) is 5.34. The van der Waals surface area contributed by atoms with Gasteiger partial charge in [-0.2, -0.15) is 5.10 Å². The molecule has 0 amide bonds. The average molecular weight is 418 g/mol. The molecule has 3 aromatic rings. The first kappa shape index (κ1) is 22.8. The molecule has 0 spiro atoms. The van der Waals surface area contributed by atoms with Crippen molar-refractivity contribution in [2.45, 2.75) is 53.7 Å². The molecule has 2 heterocycles. The smallest absolute Gasteiger partial charge is 0.341 e. The first-order valence-electron chi connectivity index (χ1n) is 9.71. The number of pyridine rings is 1. The van der Waals surface area contributed by atoms with E-state index in [2.05, 4.69) is 10.1 Å². The summed E-state index contributed by atoms with van der Waals surface area (Å²) in [6.45, 7) is 11.7. The first-order valence-corrected chi connectivity index (χ1v) is 10.1. The van der Waals surface area contributed by atoms with E-state index in [-0.39, 0.29) is 5.97 Å². The molecule has 3 rings (SSSR count). The predicted octanol–water partition coefficient (Wildman–Crippen LogP) is 4.87. The molecule has 7 heteroatoms. The van der Waals surface area contributed by atoms with Gasteiger partial charge in [-0.1, -0.05) is 25.4 Å². The lowest BCUT2D eigenvalue weighted by molar-refractivity contribution is 0.0525. The minimum absolute atomic E-state index is 0.316. The van der Waals surface area contributed by atoms with Crippen LogP contribution in [0.5, 0.6) is 0 Å². The minimum Gasteiger partial charge on any atom is -0.462 e. The van der Waals surface area contributed by atoms with Gasteiger partial charge in [0.25, 0.3) is 0 Å². The zero-order chi connectivity index (χ0) is 21.8. The van der Waals surface area contributed by atoms with E-state index in [4.69, 9.17) is 16.3 Å². The molecule has 0 radical (unpaired) electrons. The van der Waals surface area contributed by atoms with Crippen molar-refractivity contribution in [3.8, 4) is 0 Å². The second-order valence-corrected chi connectivity index (χ2v) is 7.41. The summed E-state index contributed by atoms with van der Waals surface area (Å²) in [6, 6.07) is 5.69. The molecule has 6 nitrogen and oxygen atoms in total. The Morgan fingerprint density at radius 1 is 1.28 bits per heavy atom. The van der Waals surface area contributed by atoms with Crippen molar-refractivity contribution in [3.63, 3.8) is 0 Å². The SMILES string of the molecule is CC.CCOC(=O)c1cn(Cc2cc(C(C)(C)O)c3ncc(Cl)cc3c2)nc1C. The fraction of sp³-hybridized carbons (Fsp3) is 0.409. The predicted molar refractivity (Wildman–Crippen MR) is 115 cm³/mol. The van der Waals surface area contributed by atoms with Crippen LogP contribution in [0.1, 0.15) is 61.8 Å². The second kappa shape index (κ2) is 9.37. The van der Waals surface area contributed by atoms with Gasteiger partial charge >= 0.3 is 5.97 Å². The zero-order valence-corrected chi connectivity index (χ0v) is 18.5. The summed E-state index contributed by atoms with van der Waals surface area (Å²) in [4.78, 5) is 16.4. The van der Waals surface area contributed by atoms with E-state index < -0.39 is 5.60 Å². The maximum Gasteiger partial charge on any atom is 0.341 e. The quantitative estimate of drug-likeness (QED) is 0.599. The van der Waals surface area contributed by atoms with Crippen LogP contribution in [0.3, 0.4) is 0 Å². The Hall–Kier alpha value is -2.44. The molecule has 0 unspecified atom stereocenters. The molecule has 0 aliphatic heterocycles. The lowest BCUT2D eigenvalue weighted by atomic mass is 9.93. The molecule has 156 valence electrons. The Kier molecular flexibility index (Phi) is 7.38. The standard InChI is InChI=1S/C20H22ClN3O3.C2H6/c1-5-27-19(25)16-11-24(23-12(16)2)10-13-6-14-8-15(21)9-22-18(14)17(7-13)20(3,4)26;1-2/h6-9,11,26H,5,10H2,1-4H3;1-2H3. The number of aromatic nitrogens is 3. The van der Waals surface area contributed by atoms with Gasteiger partial charge in [-0.05, 0) is 51.5 Å². The molecule has 1 N–H and O–H groups in total. The van der Waals surface area contributed by atoms with Gasteiger partial charge in [0.1, 0.15) is 5.56 Å². The highest BCUT2D eigenvalue weighted by Crippen LogP contribution is 2.30. The maximum atomic E-state index is 12.0. The summed E-state index contributed by atoms with van der Waals surface area (Å²) >= 11 is 6.09. The molecule has 29 heavy (non-hydrogen) atoms. The average Bonchev–Trinajstić information content (AvgIpc) is 3.02. The number of benzene rings is 1. The molecule has 0 bridgehead atoms. The minimum atomic E-state index is -1.06. The number of rotatable bonds is 5. The molecular formula is C22H28ClN3O3. The van der Waals surface area contributed by atoms with Gasteiger partial charge in [0.15, 0.2) is 0 Å². The highest BCUT2D eigenvalue weighted by Gasteiger charge is 2.21. The molecular weight excluding hydrogens is 390 g/mol. The van der Waals surface area contributed by atoms with Crippen molar-refractivity contribution in [3.05, 3.63) is 58.0 Å². The van der Waals surface area contributed by atoms with Crippen molar-refractivity contribution in [2.24, 2.45) is 0 Å². The molecule has 0 saturated carbocycles. The van der Waals surface area contributed by atoms with Crippen LogP contribution < -0.4 is 0 Å². The van der Waals surface area contributed by atoms with Crippen molar-refractivity contribution in [1.82, 2.24) is 14.8 Å². The Morgan fingerprint density at radius 3 is 2.59 bits per heavy atom. The lowest BCUT2D eigenvalue weighted by Crippen LogP contribution is -2.17. The lowest BCUT2D eigenvalue weighted by Gasteiger charge is -2.21. The third-order valence-corrected chi connectivity index (χ3v) is 4.46. The summed E-state index contributed by atoms with van der Waals surface area (Å²) in [5.41, 5.74) is 2.33. The molecule has 0 fully saturated rings. The van der Waals surface area contributed by atoms with Crippen LogP contribution >= 0.6 is 11.6 Å². The van der Waals surface area contributed by atoms with Crippen LogP contribution in [0.15, 0.2) is 30.6 Å². The van der Waals surface area contributed by atoms with Gasteiger partial charge in [-0.25, -0.2) is 4.79 Å². The summed E-state index contributed by atoms with van der Waals surface area (Å²) < 4.78 is 6.75. The van der Waals surface area contributed by atoms with Gasteiger partial charge in [0.2, 0.25) is 0 Å². The van der Waals surface area contributed by atoms with Crippen LogP contribution in [-0.4, -0.2) is 32.4 Å². The number of nitrogens with zero attached hydrogens (tertiary/aromatic N) is 3. The van der Waals surface area contributed by atoms with Crippen LogP contribution in [0, 0.1) is 6.92 Å². The number of aliphatic hydroxyl groups is 1. The van der Waals surface area contributed by atoms with Crippen molar-refractivity contribution in [2.75, 3.05) is 6.61 Å². The molecule has 0 aliphatic rings. The van der Waals surface area contributed by atoms with E-state index in [0.29, 0.717) is 40.5 Å². The highest BCUT2D eigenvalue weighted by atomic mass is 35.5. The molecule has 0 atom stereocenters. The van der Waals surface area contributed by atoms with Gasteiger partial charge in [-0.3, -0.25) is 9.67 Å². The zero-order valence-electron chi connectivity index (χ0n) is 17.8. The van der Waals surface area contributed by atoms with Crippen LogP contribution in [0.2, 0.25) is 5.02 Å². The molecule has 0 aliphatic carbocycles. The number of fused-ring (bicyclic) bond motifs is 1. The Bertz CT molecular complexity index is 1010. The molecule has 2 aromatic heterocycles. The van der Waals surface area contributed by atoms with E-state index in [9.17, 15) is 9.90 Å². The number of ether oxygens (including phenoxy) is 1. The fourth-order valence-electron chi connectivity index (χ4n) is 3.04. The van der Waals surface area contributed by atoms with E-state index >= 15 is 0 Å². The van der Waals surface area contributed by atoms with Crippen molar-refractivity contribution >= 4 is 28.5 Å². The van der Waals surface area contributed by atoms with E-state index in [1.807, 2.05) is 32.0 Å². The van der Waals surface area contributed by atoms with Gasteiger partial charge < -0.3 is 9.84 Å². The summed E-state index contributed by atoms with van der Waals surface area (Å²) in [7, 11) is 0. The van der Waals surface area contributed by atoms with Gasteiger partial charge in [-0.15, -0.1) is 0 Å². The molecule has 0 saturated heterocycles. The summed E-state index contributed by atoms with van der Waals surface area (Å²) in [5.74, 6) is -0.382. The Labute approximate surface area is 176 Å². The normalized spacial score (nSPS) is 11.2. The monoisotopic (exact) mass is 417 g/mol. The van der Waals surface area contributed by atoms with Crippen LogP contribution in [0.4, 0.5) is 0 Å². The second-order valence-electron chi connectivity index (χ2n) is 6.97. The van der Waals surface area contributed by atoms with Gasteiger partial charge in [0, 0.05) is 23.3 Å². The van der Waals surface area contributed by atoms with E-state index in [1.165, 1.54) is 0 Å². The molecule has 1 aromatic carbocycles. The van der Waals surface area contributed by atoms with Crippen LogP contribution in [0.25, 0.3) is 10.9 Å². The fourth-order valence-corrected chi connectivity index (χ4v) is 3.20. The van der Waals surface area contributed by atoms with E-state index in [0.717, 1.165) is 10.9 Å². The Morgan fingerprint density at radius 2 is 1.97 bits per heavy atom. The Balaban J connectivity index is 0.00000145. The van der Waals surface area contributed by atoms with Crippen molar-refractivity contribution in [1.29, 1.82) is 0 Å². The third-order valence-electron chi connectivity index (χ3n) is 4.25. The van der Waals surface area contributed by atoms with Crippen LogP contribution in [-0.2, 0) is 16.9 Å². The number of hydrogen-bond acceptors (Lipinski definition) is 5. The first-order chi connectivity index (χ1) is 13.7. The number of halogens is 1. The highest BCUT2D eigenvalue weighted by molar-refractivity contribution is 6.31. The largest absolute Gasteiger partial charge is 0.462 e. The van der Waals surface area contributed by atoms with E-state index in [1.54, 1.807) is 44.8 Å². The maximum absolute atomic E-state index is 12.0. The number of carbonyl (C=O) groups is 1. The number of esters is 1. The summed E-state index contributed by atoms with van der Waals surface area (Å²) in [6.07, 6.45) is 3.25. The topological polar surface area (TPSA) is 77.2 Å². The number of hydrogen-bond donors (Lipinski definition) is 1. The van der Waals surface area contributed by atoms with Gasteiger partial charge in [0.05, 0.1) is 35.0 Å².